The lowest BCUT2D eigenvalue weighted by atomic mass is 10.1. The highest BCUT2D eigenvalue weighted by Gasteiger charge is 2.24. The predicted molar refractivity (Wildman–Crippen MR) is 92.9 cm³/mol. The van der Waals surface area contributed by atoms with E-state index < -0.39 is 9.84 Å². The van der Waals surface area contributed by atoms with E-state index in [1.807, 2.05) is 24.3 Å². The Morgan fingerprint density at radius 3 is 2.84 bits per heavy atom. The first kappa shape index (κ1) is 17.6. The van der Waals surface area contributed by atoms with E-state index in [0.717, 1.165) is 24.1 Å². The van der Waals surface area contributed by atoms with Crippen LogP contribution in [0.25, 0.3) is 0 Å². The summed E-state index contributed by atoms with van der Waals surface area (Å²) in [6.45, 7) is 1.81. The van der Waals surface area contributed by atoms with Gasteiger partial charge in [-0.2, -0.15) is 4.98 Å². The van der Waals surface area contributed by atoms with E-state index in [0.29, 0.717) is 18.1 Å². The quantitative estimate of drug-likeness (QED) is 0.778. The smallest absolute Gasteiger partial charge is 0.246 e. The van der Waals surface area contributed by atoms with Gasteiger partial charge in [-0.1, -0.05) is 30.3 Å². The van der Waals surface area contributed by atoms with Crippen molar-refractivity contribution in [3.8, 4) is 0 Å². The van der Waals surface area contributed by atoms with Crippen molar-refractivity contribution in [1.29, 1.82) is 0 Å². The Morgan fingerprint density at radius 2 is 2.04 bits per heavy atom. The van der Waals surface area contributed by atoms with Gasteiger partial charge in [0.25, 0.3) is 0 Å². The van der Waals surface area contributed by atoms with Gasteiger partial charge in [-0.05, 0) is 24.5 Å². The maximum atomic E-state index is 12.4. The average molecular weight is 363 g/mol. The van der Waals surface area contributed by atoms with E-state index in [-0.39, 0.29) is 30.4 Å². The molecular weight excluding hydrogens is 342 g/mol. The molecule has 1 aromatic heterocycles. The zero-order valence-electron chi connectivity index (χ0n) is 14.1. The molecule has 0 aliphatic carbocycles. The second kappa shape index (κ2) is 7.35. The molecule has 0 bridgehead atoms. The van der Waals surface area contributed by atoms with Crippen LogP contribution in [0.2, 0.25) is 0 Å². The molecule has 0 spiro atoms. The Labute approximate surface area is 146 Å². The molecule has 1 aliphatic heterocycles. The van der Waals surface area contributed by atoms with Crippen molar-refractivity contribution in [2.24, 2.45) is 0 Å². The van der Waals surface area contributed by atoms with Crippen LogP contribution in [0.1, 0.15) is 37.0 Å². The monoisotopic (exact) mass is 363 g/mol. The second-order valence-corrected chi connectivity index (χ2v) is 8.53. The number of aromatic nitrogens is 2. The minimum atomic E-state index is -3.08. The fourth-order valence-corrected chi connectivity index (χ4v) is 3.62. The first-order chi connectivity index (χ1) is 12.0. The van der Waals surface area contributed by atoms with Gasteiger partial charge in [0.15, 0.2) is 5.82 Å². The van der Waals surface area contributed by atoms with Crippen molar-refractivity contribution < 1.29 is 17.7 Å². The Balaban J connectivity index is 1.75. The van der Waals surface area contributed by atoms with Gasteiger partial charge in [0.2, 0.25) is 11.8 Å². The summed E-state index contributed by atoms with van der Waals surface area (Å²) in [6.07, 6.45) is 2.37. The van der Waals surface area contributed by atoms with Crippen LogP contribution < -0.4 is 4.90 Å². The summed E-state index contributed by atoms with van der Waals surface area (Å²) >= 11 is 0. The molecule has 3 rings (SSSR count). The number of carbonyl (C=O) groups excluding carboxylic acids is 1. The molecule has 0 saturated carbocycles. The fourth-order valence-electron chi connectivity index (χ4n) is 2.84. The maximum absolute atomic E-state index is 12.4. The van der Waals surface area contributed by atoms with E-state index in [2.05, 4.69) is 10.1 Å². The number of anilines is 1. The van der Waals surface area contributed by atoms with Crippen LogP contribution in [0.5, 0.6) is 0 Å². The van der Waals surface area contributed by atoms with Gasteiger partial charge in [-0.3, -0.25) is 4.79 Å². The second-order valence-electron chi connectivity index (χ2n) is 6.05. The number of hydrogen-bond acceptors (Lipinski definition) is 6. The zero-order valence-corrected chi connectivity index (χ0v) is 15.0. The number of carbonyl (C=O) groups is 1. The molecule has 0 unspecified atom stereocenters. The van der Waals surface area contributed by atoms with E-state index in [1.165, 1.54) is 0 Å². The van der Waals surface area contributed by atoms with Crippen molar-refractivity contribution in [1.82, 2.24) is 10.1 Å². The van der Waals surface area contributed by atoms with Crippen molar-refractivity contribution in [2.75, 3.05) is 16.4 Å². The van der Waals surface area contributed by atoms with Gasteiger partial charge in [0, 0.05) is 24.3 Å². The maximum Gasteiger partial charge on any atom is 0.246 e. The zero-order chi connectivity index (χ0) is 17.9. The Hall–Kier alpha value is -2.22. The first-order valence-electron chi connectivity index (χ1n) is 8.38. The molecule has 0 radical (unpaired) electrons. The largest absolute Gasteiger partial charge is 0.337 e. The number of fused-ring (bicyclic) bond motifs is 1. The molecule has 0 saturated heterocycles. The summed E-state index contributed by atoms with van der Waals surface area (Å²) < 4.78 is 28.4. The lowest BCUT2D eigenvalue weighted by molar-refractivity contribution is -0.118. The van der Waals surface area contributed by atoms with Crippen LogP contribution in [-0.2, 0) is 34.0 Å². The van der Waals surface area contributed by atoms with E-state index in [1.54, 1.807) is 11.8 Å². The van der Waals surface area contributed by atoms with E-state index in [9.17, 15) is 13.2 Å². The van der Waals surface area contributed by atoms with Gasteiger partial charge in [-0.15, -0.1) is 0 Å². The summed E-state index contributed by atoms with van der Waals surface area (Å²) in [5, 5.41) is 3.83. The minimum absolute atomic E-state index is 0.00600. The molecule has 0 fully saturated rings. The lowest BCUT2D eigenvalue weighted by Gasteiger charge is -2.21. The number of hydrogen-bond donors (Lipinski definition) is 0. The van der Waals surface area contributed by atoms with Gasteiger partial charge in [-0.25, -0.2) is 8.42 Å². The number of benzene rings is 1. The highest BCUT2D eigenvalue weighted by Crippen LogP contribution is 2.27. The first-order valence-corrected chi connectivity index (χ1v) is 10.2. The fraction of sp³-hybridized carbons (Fsp3) is 0.471. The molecule has 2 aromatic rings. The minimum Gasteiger partial charge on any atom is -0.337 e. The highest BCUT2D eigenvalue weighted by molar-refractivity contribution is 7.91. The third-order valence-corrected chi connectivity index (χ3v) is 6.01. The van der Waals surface area contributed by atoms with E-state index >= 15 is 0 Å². The molecule has 0 N–H and O–H groups in total. The number of aryl methyl sites for hydroxylation is 2. The standard InChI is InChI=1S/C17H21N3O4S/c1-2-25(22,23)11-10-15-18-16(24-19-15)12-20-14-8-4-3-6-13(14)7-5-9-17(20)21/h3-4,6,8H,2,5,7,9-12H2,1H3. The molecule has 25 heavy (non-hydrogen) atoms. The van der Waals surface area contributed by atoms with Crippen molar-refractivity contribution in [3.05, 3.63) is 41.5 Å². The summed E-state index contributed by atoms with van der Waals surface area (Å²) in [5.74, 6) is 0.778. The SMILES string of the molecule is CCS(=O)(=O)CCc1noc(CN2C(=O)CCCc3ccccc32)n1. The highest BCUT2D eigenvalue weighted by atomic mass is 32.2. The normalized spacial score (nSPS) is 15.1. The Morgan fingerprint density at radius 1 is 1.24 bits per heavy atom. The third-order valence-electron chi connectivity index (χ3n) is 4.30. The molecule has 7 nitrogen and oxygen atoms in total. The van der Waals surface area contributed by atoms with Crippen molar-refractivity contribution in [2.45, 2.75) is 39.2 Å². The Bertz CT molecular complexity index is 860. The Kier molecular flexibility index (Phi) is 5.17. The summed E-state index contributed by atoms with van der Waals surface area (Å²) in [7, 11) is -3.08. The van der Waals surface area contributed by atoms with Gasteiger partial charge in [0.05, 0.1) is 5.75 Å². The van der Waals surface area contributed by atoms with Crippen LogP contribution in [0.3, 0.4) is 0 Å². The number of para-hydroxylation sites is 1. The van der Waals surface area contributed by atoms with Crippen molar-refractivity contribution in [3.63, 3.8) is 0 Å². The molecule has 2 heterocycles. The van der Waals surface area contributed by atoms with Gasteiger partial charge < -0.3 is 9.42 Å². The summed E-state index contributed by atoms with van der Waals surface area (Å²) in [5.41, 5.74) is 2.00. The average Bonchev–Trinajstić information content (AvgIpc) is 3.00. The molecule has 1 aliphatic rings. The van der Waals surface area contributed by atoms with Crippen LogP contribution in [0, 0.1) is 0 Å². The van der Waals surface area contributed by atoms with Crippen LogP contribution >= 0.6 is 0 Å². The van der Waals surface area contributed by atoms with Crippen LogP contribution in [0.4, 0.5) is 5.69 Å². The molecule has 1 aromatic carbocycles. The number of nitrogens with zero attached hydrogens (tertiary/aromatic N) is 3. The van der Waals surface area contributed by atoms with E-state index in [4.69, 9.17) is 4.52 Å². The van der Waals surface area contributed by atoms with Gasteiger partial charge in [0.1, 0.15) is 16.4 Å². The topological polar surface area (TPSA) is 93.4 Å². The molecule has 8 heteroatoms. The lowest BCUT2D eigenvalue weighted by Crippen LogP contribution is -2.29. The number of rotatable bonds is 6. The molecule has 0 atom stereocenters. The molecular formula is C17H21N3O4S. The van der Waals surface area contributed by atoms with Crippen LogP contribution in [-0.4, -0.2) is 36.0 Å². The summed E-state index contributed by atoms with van der Waals surface area (Å²) in [4.78, 5) is 18.4. The van der Waals surface area contributed by atoms with Crippen molar-refractivity contribution >= 4 is 21.4 Å². The number of sulfone groups is 1. The van der Waals surface area contributed by atoms with Crippen LogP contribution in [0.15, 0.2) is 28.8 Å². The molecule has 1 amide bonds. The molecule has 134 valence electrons. The predicted octanol–water partition coefficient (Wildman–Crippen LogP) is 1.92. The third kappa shape index (κ3) is 4.25. The van der Waals surface area contributed by atoms with Gasteiger partial charge >= 0.3 is 0 Å². The summed E-state index contributed by atoms with van der Waals surface area (Å²) in [6, 6.07) is 7.81. The number of amides is 1.